The Kier molecular flexibility index (Phi) is 5.86. The third-order valence-corrected chi connectivity index (χ3v) is 5.30. The van der Waals surface area contributed by atoms with Crippen molar-refractivity contribution in [2.24, 2.45) is 0 Å². The van der Waals surface area contributed by atoms with Gasteiger partial charge in [-0.15, -0.1) is 0 Å². The fourth-order valence-electron chi connectivity index (χ4n) is 3.96. The van der Waals surface area contributed by atoms with E-state index >= 15 is 0 Å². The number of hydrogen-bond acceptors (Lipinski definition) is 6. The lowest BCUT2D eigenvalue weighted by Gasteiger charge is -2.32. The normalized spacial score (nSPS) is 18.9. The summed E-state index contributed by atoms with van der Waals surface area (Å²) < 4.78 is 6.89. The third-order valence-electron chi connectivity index (χ3n) is 5.30. The summed E-state index contributed by atoms with van der Waals surface area (Å²) in [5, 5.41) is 4.54. The maximum absolute atomic E-state index is 13.2. The number of piperidine rings is 1. The van der Waals surface area contributed by atoms with E-state index in [0.717, 1.165) is 5.57 Å². The molecule has 1 aliphatic carbocycles. The molecule has 3 rings (SSSR count). The van der Waals surface area contributed by atoms with E-state index in [-0.39, 0.29) is 30.0 Å². The SMILES string of the molecule is CCOC(=O)c1nn(C2CCN(C(C)=O)CC2)c2c1CCC(=CN(C)C)C2=O. The fourth-order valence-corrected chi connectivity index (χ4v) is 3.96. The van der Waals surface area contributed by atoms with Crippen LogP contribution in [0.3, 0.4) is 0 Å². The maximum atomic E-state index is 13.2. The Morgan fingerprint density at radius 1 is 1.25 bits per heavy atom. The van der Waals surface area contributed by atoms with Crippen LogP contribution in [0.15, 0.2) is 11.8 Å². The molecule has 0 N–H and O–H groups in total. The van der Waals surface area contributed by atoms with E-state index in [0.29, 0.717) is 50.0 Å². The molecule has 0 atom stereocenters. The Bertz CT molecular complexity index is 816. The molecule has 1 aromatic heterocycles. The average molecular weight is 388 g/mol. The van der Waals surface area contributed by atoms with Crippen LogP contribution in [-0.4, -0.2) is 71.0 Å². The zero-order valence-corrected chi connectivity index (χ0v) is 17.0. The lowest BCUT2D eigenvalue weighted by atomic mass is 9.90. The van der Waals surface area contributed by atoms with Gasteiger partial charge in [0.2, 0.25) is 11.7 Å². The Balaban J connectivity index is 1.99. The molecule has 2 heterocycles. The van der Waals surface area contributed by atoms with Gasteiger partial charge in [0.25, 0.3) is 0 Å². The highest BCUT2D eigenvalue weighted by Crippen LogP contribution is 2.33. The summed E-state index contributed by atoms with van der Waals surface area (Å²) in [6.07, 6.45) is 4.41. The van der Waals surface area contributed by atoms with Crippen molar-refractivity contribution in [2.75, 3.05) is 33.8 Å². The van der Waals surface area contributed by atoms with Crippen molar-refractivity contribution in [3.8, 4) is 0 Å². The molecule has 0 radical (unpaired) electrons. The van der Waals surface area contributed by atoms with E-state index in [4.69, 9.17) is 4.74 Å². The highest BCUT2D eigenvalue weighted by atomic mass is 16.5. The summed E-state index contributed by atoms with van der Waals surface area (Å²) in [4.78, 5) is 40.9. The van der Waals surface area contributed by atoms with Gasteiger partial charge in [0.05, 0.1) is 12.6 Å². The summed E-state index contributed by atoms with van der Waals surface area (Å²) in [5.74, 6) is -0.501. The molecule has 0 unspecified atom stereocenters. The molecule has 1 aromatic rings. The molecule has 1 fully saturated rings. The number of fused-ring (bicyclic) bond motifs is 1. The number of amides is 1. The van der Waals surface area contributed by atoms with Crippen LogP contribution in [0.2, 0.25) is 0 Å². The molecule has 152 valence electrons. The van der Waals surface area contributed by atoms with Gasteiger partial charge in [0.15, 0.2) is 5.69 Å². The summed E-state index contributed by atoms with van der Waals surface area (Å²) in [5.41, 5.74) is 2.16. The van der Waals surface area contributed by atoms with Crippen LogP contribution in [0.1, 0.15) is 65.7 Å². The molecular formula is C20H28N4O4. The first-order valence-electron chi connectivity index (χ1n) is 9.79. The Hall–Kier alpha value is -2.64. The van der Waals surface area contributed by atoms with Gasteiger partial charge in [-0.1, -0.05) is 0 Å². The third kappa shape index (κ3) is 3.81. The number of carbonyl (C=O) groups excluding carboxylic acids is 3. The average Bonchev–Trinajstić information content (AvgIpc) is 3.04. The van der Waals surface area contributed by atoms with E-state index in [9.17, 15) is 14.4 Å². The number of Topliss-reactive ketones (excluding diaryl/α,β-unsaturated/α-hetero) is 1. The quantitative estimate of drug-likeness (QED) is 0.578. The van der Waals surface area contributed by atoms with Gasteiger partial charge in [0.1, 0.15) is 5.69 Å². The standard InChI is InChI=1S/C20H28N4O4/c1-5-28-20(27)17-16-7-6-14(12-22(3)4)19(26)18(16)24(21-17)15-8-10-23(11-9-15)13(2)25/h12,15H,5-11H2,1-4H3. The first kappa shape index (κ1) is 20.1. The molecule has 1 saturated heterocycles. The number of esters is 1. The van der Waals surface area contributed by atoms with Crippen molar-refractivity contribution in [1.29, 1.82) is 0 Å². The number of ether oxygens (including phenoxy) is 1. The molecule has 1 amide bonds. The number of nitrogens with zero attached hydrogens (tertiary/aromatic N) is 4. The predicted octanol–water partition coefficient (Wildman–Crippen LogP) is 1.82. The van der Waals surface area contributed by atoms with Crippen molar-refractivity contribution < 1.29 is 19.1 Å². The minimum absolute atomic E-state index is 0.0183. The van der Waals surface area contributed by atoms with Gasteiger partial charge in [-0.05, 0) is 32.6 Å². The van der Waals surface area contributed by atoms with Crippen LogP contribution in [0, 0.1) is 0 Å². The van der Waals surface area contributed by atoms with Gasteiger partial charge in [-0.3, -0.25) is 14.3 Å². The molecule has 0 spiro atoms. The van der Waals surface area contributed by atoms with E-state index in [1.807, 2.05) is 25.2 Å². The minimum atomic E-state index is -0.480. The Morgan fingerprint density at radius 2 is 1.93 bits per heavy atom. The molecular weight excluding hydrogens is 360 g/mol. The molecule has 0 aromatic carbocycles. The van der Waals surface area contributed by atoms with Gasteiger partial charge in [-0.2, -0.15) is 5.10 Å². The summed E-state index contributed by atoms with van der Waals surface area (Å²) in [6, 6.07) is -0.0183. The van der Waals surface area contributed by atoms with Crippen molar-refractivity contribution in [3.05, 3.63) is 28.7 Å². The molecule has 0 saturated carbocycles. The summed E-state index contributed by atoms with van der Waals surface area (Å²) in [7, 11) is 3.77. The van der Waals surface area contributed by atoms with Crippen LogP contribution < -0.4 is 0 Å². The van der Waals surface area contributed by atoms with E-state index in [1.165, 1.54) is 0 Å². The van der Waals surface area contributed by atoms with Crippen LogP contribution >= 0.6 is 0 Å². The topological polar surface area (TPSA) is 84.7 Å². The van der Waals surface area contributed by atoms with Gasteiger partial charge in [0, 0.05) is 51.4 Å². The van der Waals surface area contributed by atoms with Crippen LogP contribution in [0.5, 0.6) is 0 Å². The van der Waals surface area contributed by atoms with Crippen LogP contribution in [0.4, 0.5) is 0 Å². The predicted molar refractivity (Wildman–Crippen MR) is 103 cm³/mol. The lowest BCUT2D eigenvalue weighted by Crippen LogP contribution is -2.38. The summed E-state index contributed by atoms with van der Waals surface area (Å²) in [6.45, 7) is 4.83. The molecule has 1 aliphatic heterocycles. The molecule has 0 bridgehead atoms. The number of ketones is 1. The van der Waals surface area contributed by atoms with Crippen molar-refractivity contribution in [3.63, 3.8) is 0 Å². The monoisotopic (exact) mass is 388 g/mol. The largest absolute Gasteiger partial charge is 0.461 e. The zero-order valence-electron chi connectivity index (χ0n) is 17.0. The van der Waals surface area contributed by atoms with Crippen molar-refractivity contribution in [2.45, 2.75) is 45.6 Å². The molecule has 2 aliphatic rings. The molecule has 28 heavy (non-hydrogen) atoms. The van der Waals surface area contributed by atoms with Crippen molar-refractivity contribution >= 4 is 17.7 Å². The molecule has 8 heteroatoms. The first-order chi connectivity index (χ1) is 13.3. The molecule has 8 nitrogen and oxygen atoms in total. The second-order valence-electron chi connectivity index (χ2n) is 7.53. The number of likely N-dealkylation sites (tertiary alicyclic amines) is 1. The Labute approximate surface area is 165 Å². The lowest BCUT2D eigenvalue weighted by molar-refractivity contribution is -0.130. The van der Waals surface area contributed by atoms with Crippen LogP contribution in [0.25, 0.3) is 0 Å². The van der Waals surface area contributed by atoms with Crippen LogP contribution in [-0.2, 0) is 16.0 Å². The zero-order chi connectivity index (χ0) is 20.4. The summed E-state index contributed by atoms with van der Waals surface area (Å²) >= 11 is 0. The Morgan fingerprint density at radius 3 is 2.50 bits per heavy atom. The number of carbonyl (C=O) groups is 3. The van der Waals surface area contributed by atoms with Gasteiger partial charge >= 0.3 is 5.97 Å². The number of rotatable bonds is 4. The van der Waals surface area contributed by atoms with E-state index in [1.54, 1.807) is 23.4 Å². The number of hydrogen-bond donors (Lipinski definition) is 0. The smallest absolute Gasteiger partial charge is 0.359 e. The van der Waals surface area contributed by atoms with Gasteiger partial charge in [-0.25, -0.2) is 4.79 Å². The number of aromatic nitrogens is 2. The number of allylic oxidation sites excluding steroid dienone is 1. The van der Waals surface area contributed by atoms with Gasteiger partial charge < -0.3 is 14.5 Å². The van der Waals surface area contributed by atoms with E-state index in [2.05, 4.69) is 5.10 Å². The minimum Gasteiger partial charge on any atom is -0.461 e. The fraction of sp³-hybridized carbons (Fsp3) is 0.600. The second kappa shape index (κ2) is 8.16. The highest BCUT2D eigenvalue weighted by Gasteiger charge is 2.36. The van der Waals surface area contributed by atoms with E-state index < -0.39 is 5.97 Å². The highest BCUT2D eigenvalue weighted by molar-refractivity contribution is 6.11. The second-order valence-corrected chi connectivity index (χ2v) is 7.53. The maximum Gasteiger partial charge on any atom is 0.359 e. The first-order valence-corrected chi connectivity index (χ1v) is 9.79. The van der Waals surface area contributed by atoms with Crippen molar-refractivity contribution in [1.82, 2.24) is 19.6 Å².